The van der Waals surface area contributed by atoms with Gasteiger partial charge in [-0.25, -0.2) is 0 Å². The van der Waals surface area contributed by atoms with Crippen LogP contribution in [0.3, 0.4) is 0 Å². The van der Waals surface area contributed by atoms with Crippen LogP contribution in [0.2, 0.25) is 0 Å². The van der Waals surface area contributed by atoms with Gasteiger partial charge in [-0.3, -0.25) is 0 Å². The molecule has 2 heteroatoms. The van der Waals surface area contributed by atoms with Gasteiger partial charge in [0, 0.05) is 30.7 Å². The monoisotopic (exact) mass is 115 g/mol. The molecule has 0 aromatic carbocycles. The van der Waals surface area contributed by atoms with E-state index < -0.39 is 0 Å². The molecule has 0 amide bonds. The molecular weight excluding hydrogens is 106 g/mol. The first-order valence-electron chi connectivity index (χ1n) is 2.43. The van der Waals surface area contributed by atoms with Crippen LogP contribution >= 0.6 is 11.8 Å². The zero-order valence-electron chi connectivity index (χ0n) is 4.42. The molecule has 0 saturated carbocycles. The Morgan fingerprint density at radius 3 is 2.57 bits per heavy atom. The highest BCUT2D eigenvalue weighted by Gasteiger charge is 2.14. The molecule has 1 nitrogen and oxygen atoms in total. The molecule has 0 aromatic heterocycles. The molecule has 0 aromatic rings. The van der Waals surface area contributed by atoms with Gasteiger partial charge in [0.15, 0.2) is 0 Å². The van der Waals surface area contributed by atoms with Crippen LogP contribution < -0.4 is 0 Å². The van der Waals surface area contributed by atoms with Crippen molar-refractivity contribution in [2.75, 3.05) is 18.6 Å². The van der Waals surface area contributed by atoms with Crippen LogP contribution in [0.25, 0.3) is 0 Å². The van der Waals surface area contributed by atoms with E-state index in [4.69, 9.17) is 0 Å². The normalized spacial score (nSPS) is 23.0. The number of hydrogen-bond donors (Lipinski definition) is 0. The summed E-state index contributed by atoms with van der Waals surface area (Å²) in [6.45, 7) is 0. The summed E-state index contributed by atoms with van der Waals surface area (Å²) >= 11 is 1.99. The fourth-order valence-electron chi connectivity index (χ4n) is 0.551. The molecule has 1 rings (SSSR count). The predicted octanol–water partition coefficient (Wildman–Crippen LogP) is 1.05. The van der Waals surface area contributed by atoms with Crippen molar-refractivity contribution >= 4 is 18.0 Å². The third-order valence-corrected chi connectivity index (χ3v) is 2.35. The van der Waals surface area contributed by atoms with Crippen LogP contribution in [0.15, 0.2) is 4.99 Å². The number of aliphatic imine (C=N–C) groups is 1. The van der Waals surface area contributed by atoms with E-state index in [0.29, 0.717) is 0 Å². The van der Waals surface area contributed by atoms with Crippen molar-refractivity contribution in [2.45, 2.75) is 0 Å². The summed E-state index contributed by atoms with van der Waals surface area (Å²) in [5.41, 5.74) is 0. The number of rotatable bonds is 1. The van der Waals surface area contributed by atoms with Crippen molar-refractivity contribution in [1.82, 2.24) is 0 Å². The fraction of sp³-hybridized carbons (Fsp3) is 0.800. The first-order valence-corrected chi connectivity index (χ1v) is 3.59. The maximum absolute atomic E-state index is 3.92. The van der Waals surface area contributed by atoms with E-state index in [-0.39, 0.29) is 0 Å². The minimum absolute atomic E-state index is 0.801. The topological polar surface area (TPSA) is 12.4 Å². The van der Waals surface area contributed by atoms with Gasteiger partial charge in [0.25, 0.3) is 0 Å². The maximum Gasteiger partial charge on any atom is 0.0273 e. The number of thioether (sulfide) groups is 1. The Kier molecular flexibility index (Phi) is 1.74. The van der Waals surface area contributed by atoms with Gasteiger partial charge in [-0.15, -0.1) is 0 Å². The molecule has 1 aliphatic heterocycles. The van der Waals surface area contributed by atoms with E-state index in [9.17, 15) is 0 Å². The van der Waals surface area contributed by atoms with Gasteiger partial charge >= 0.3 is 0 Å². The summed E-state index contributed by atoms with van der Waals surface area (Å²) in [7, 11) is 1.84. The summed E-state index contributed by atoms with van der Waals surface area (Å²) < 4.78 is 0. The second-order valence-electron chi connectivity index (χ2n) is 1.70. The fourth-order valence-corrected chi connectivity index (χ4v) is 1.23. The van der Waals surface area contributed by atoms with Gasteiger partial charge < -0.3 is 4.99 Å². The van der Waals surface area contributed by atoms with E-state index >= 15 is 0 Å². The zero-order valence-corrected chi connectivity index (χ0v) is 5.24. The Hall–Kier alpha value is 0.0200. The lowest BCUT2D eigenvalue weighted by Gasteiger charge is -2.19. The molecule has 7 heavy (non-hydrogen) atoms. The van der Waals surface area contributed by atoms with Crippen LogP contribution in [0.4, 0.5) is 0 Å². The summed E-state index contributed by atoms with van der Waals surface area (Å²) in [5, 5.41) is 0. The SMILES string of the molecule is CN=CC1CSC1. The van der Waals surface area contributed by atoms with Gasteiger partial charge in [-0.1, -0.05) is 0 Å². The van der Waals surface area contributed by atoms with Crippen LogP contribution in [0.5, 0.6) is 0 Å². The summed E-state index contributed by atoms with van der Waals surface area (Å²) in [5.74, 6) is 3.38. The van der Waals surface area contributed by atoms with Crippen LogP contribution in [0, 0.1) is 5.92 Å². The third kappa shape index (κ3) is 1.20. The zero-order chi connectivity index (χ0) is 5.11. The van der Waals surface area contributed by atoms with Gasteiger partial charge in [0.2, 0.25) is 0 Å². The highest BCUT2D eigenvalue weighted by Crippen LogP contribution is 2.22. The van der Waals surface area contributed by atoms with Gasteiger partial charge in [0.1, 0.15) is 0 Å². The van der Waals surface area contributed by atoms with Crippen LogP contribution in [-0.4, -0.2) is 24.8 Å². The molecule has 40 valence electrons. The third-order valence-electron chi connectivity index (χ3n) is 1.02. The first-order chi connectivity index (χ1) is 3.43. The van der Waals surface area contributed by atoms with Crippen molar-refractivity contribution in [3.05, 3.63) is 0 Å². The lowest BCUT2D eigenvalue weighted by Crippen LogP contribution is -2.18. The molecule has 1 saturated heterocycles. The van der Waals surface area contributed by atoms with Crippen molar-refractivity contribution in [3.63, 3.8) is 0 Å². The lowest BCUT2D eigenvalue weighted by molar-refractivity contribution is 0.885. The maximum atomic E-state index is 3.92. The van der Waals surface area contributed by atoms with Crippen molar-refractivity contribution in [3.8, 4) is 0 Å². The van der Waals surface area contributed by atoms with Crippen LogP contribution in [0.1, 0.15) is 0 Å². The first kappa shape index (κ1) is 5.16. The molecule has 0 spiro atoms. The Balaban J connectivity index is 2.14. The Morgan fingerprint density at radius 1 is 1.71 bits per heavy atom. The molecule has 0 radical (unpaired) electrons. The molecular formula is C5H9NS. The van der Waals surface area contributed by atoms with Crippen LogP contribution in [-0.2, 0) is 0 Å². The second-order valence-corrected chi connectivity index (χ2v) is 2.78. The summed E-state index contributed by atoms with van der Waals surface area (Å²) in [6.07, 6.45) is 2.04. The van der Waals surface area contributed by atoms with E-state index in [0.717, 1.165) is 5.92 Å². The van der Waals surface area contributed by atoms with Crippen molar-refractivity contribution < 1.29 is 0 Å². The second kappa shape index (κ2) is 2.36. The Bertz CT molecular complexity index is 76.1. The standard InChI is InChI=1S/C5H9NS/c1-6-2-5-3-7-4-5/h2,5H,3-4H2,1H3. The van der Waals surface area contributed by atoms with Crippen molar-refractivity contribution in [2.24, 2.45) is 10.9 Å². The lowest BCUT2D eigenvalue weighted by atomic mass is 10.2. The number of nitrogens with zero attached hydrogens (tertiary/aromatic N) is 1. The van der Waals surface area contributed by atoms with Gasteiger partial charge in [-0.2, -0.15) is 11.8 Å². The Morgan fingerprint density at radius 2 is 2.43 bits per heavy atom. The average Bonchev–Trinajstić information content (AvgIpc) is 1.55. The van der Waals surface area contributed by atoms with Gasteiger partial charge in [-0.05, 0) is 0 Å². The van der Waals surface area contributed by atoms with E-state index in [2.05, 4.69) is 4.99 Å². The molecule has 0 aliphatic carbocycles. The van der Waals surface area contributed by atoms with E-state index in [1.165, 1.54) is 11.5 Å². The minimum Gasteiger partial charge on any atom is -0.301 e. The molecule has 0 bridgehead atoms. The quantitative estimate of drug-likeness (QED) is 0.465. The van der Waals surface area contributed by atoms with Crippen molar-refractivity contribution in [1.29, 1.82) is 0 Å². The molecule has 0 unspecified atom stereocenters. The van der Waals surface area contributed by atoms with E-state index in [1.54, 1.807) is 0 Å². The minimum atomic E-state index is 0.801. The smallest absolute Gasteiger partial charge is 0.0273 e. The largest absolute Gasteiger partial charge is 0.301 e. The molecule has 1 heterocycles. The molecule has 0 N–H and O–H groups in total. The van der Waals surface area contributed by atoms with E-state index in [1.807, 2.05) is 25.0 Å². The average molecular weight is 115 g/mol. The Labute approximate surface area is 48.2 Å². The van der Waals surface area contributed by atoms with Gasteiger partial charge in [0.05, 0.1) is 0 Å². The molecule has 1 aliphatic rings. The summed E-state index contributed by atoms with van der Waals surface area (Å²) in [6, 6.07) is 0. The highest BCUT2D eigenvalue weighted by molar-refractivity contribution is 8.00. The predicted molar refractivity (Wildman–Crippen MR) is 35.2 cm³/mol. The molecule has 0 atom stereocenters. The number of hydrogen-bond acceptors (Lipinski definition) is 2. The highest BCUT2D eigenvalue weighted by atomic mass is 32.2. The summed E-state index contributed by atoms with van der Waals surface area (Å²) in [4.78, 5) is 3.92. The molecule has 1 fully saturated rings.